The molecule has 0 aromatic carbocycles. The molecule has 0 radical (unpaired) electrons. The molecule has 0 aliphatic heterocycles. The van der Waals surface area contributed by atoms with Gasteiger partial charge in [0.1, 0.15) is 0 Å². The maximum Gasteiger partial charge on any atom is 0.0568 e. The molecular formula is C17H36O. The minimum atomic E-state index is -0.0433. The largest absolute Gasteiger partial charge is 0.393 e. The maximum atomic E-state index is 10.2. The fourth-order valence-corrected chi connectivity index (χ4v) is 2.73. The minimum absolute atomic E-state index is 0.0433. The van der Waals surface area contributed by atoms with Crippen molar-refractivity contribution in [1.29, 1.82) is 0 Å². The minimum Gasteiger partial charge on any atom is -0.393 e. The van der Waals surface area contributed by atoms with Crippen molar-refractivity contribution in [2.45, 2.75) is 104 Å². The normalized spacial score (nSPS) is 13.2. The Labute approximate surface area is 115 Å². The lowest BCUT2D eigenvalue weighted by Gasteiger charge is -2.22. The molecule has 0 spiro atoms. The molecule has 0 aliphatic carbocycles. The van der Waals surface area contributed by atoms with Gasteiger partial charge in [0, 0.05) is 0 Å². The molecule has 0 amide bonds. The van der Waals surface area contributed by atoms with Gasteiger partial charge in [-0.3, -0.25) is 0 Å². The fourth-order valence-electron chi connectivity index (χ4n) is 2.73. The smallest absolute Gasteiger partial charge is 0.0568 e. The Morgan fingerprint density at radius 3 is 1.50 bits per heavy atom. The Morgan fingerprint density at radius 2 is 1.11 bits per heavy atom. The highest BCUT2D eigenvalue weighted by Crippen LogP contribution is 2.24. The lowest BCUT2D eigenvalue weighted by Crippen LogP contribution is -2.20. The Balaban J connectivity index is 3.84. The molecule has 1 N–H and O–H groups in total. The van der Waals surface area contributed by atoms with Crippen molar-refractivity contribution < 1.29 is 5.11 Å². The van der Waals surface area contributed by atoms with E-state index in [1.807, 2.05) is 0 Å². The monoisotopic (exact) mass is 256 g/mol. The topological polar surface area (TPSA) is 20.2 Å². The zero-order chi connectivity index (χ0) is 13.6. The van der Waals surface area contributed by atoms with E-state index in [0.29, 0.717) is 5.92 Å². The van der Waals surface area contributed by atoms with Crippen molar-refractivity contribution >= 4 is 0 Å². The average molecular weight is 256 g/mol. The van der Waals surface area contributed by atoms with Gasteiger partial charge in [-0.1, -0.05) is 78.6 Å². The van der Waals surface area contributed by atoms with Crippen LogP contribution in [0.3, 0.4) is 0 Å². The summed E-state index contributed by atoms with van der Waals surface area (Å²) in [6.45, 7) is 6.69. The average Bonchev–Trinajstić information content (AvgIpc) is 2.37. The third-order valence-electron chi connectivity index (χ3n) is 3.99. The van der Waals surface area contributed by atoms with Crippen LogP contribution < -0.4 is 0 Å². The van der Waals surface area contributed by atoms with E-state index in [1.165, 1.54) is 64.2 Å². The highest BCUT2D eigenvalue weighted by atomic mass is 16.3. The van der Waals surface area contributed by atoms with Crippen LogP contribution in [0.1, 0.15) is 97.8 Å². The summed E-state index contributed by atoms with van der Waals surface area (Å²) in [5.41, 5.74) is 0. The molecule has 0 fully saturated rings. The zero-order valence-electron chi connectivity index (χ0n) is 13.1. The van der Waals surface area contributed by atoms with Crippen molar-refractivity contribution in [3.63, 3.8) is 0 Å². The summed E-state index contributed by atoms with van der Waals surface area (Å²) < 4.78 is 0. The highest BCUT2D eigenvalue weighted by molar-refractivity contribution is 4.69. The summed E-state index contributed by atoms with van der Waals surface area (Å²) >= 11 is 0. The van der Waals surface area contributed by atoms with Crippen LogP contribution in [-0.4, -0.2) is 11.2 Å². The predicted octanol–water partition coefficient (Wildman–Crippen LogP) is 5.70. The van der Waals surface area contributed by atoms with Gasteiger partial charge in [0.15, 0.2) is 0 Å². The summed E-state index contributed by atoms with van der Waals surface area (Å²) in [5.74, 6) is 0.568. The van der Waals surface area contributed by atoms with Crippen molar-refractivity contribution in [1.82, 2.24) is 0 Å². The van der Waals surface area contributed by atoms with Crippen LogP contribution in [0.25, 0.3) is 0 Å². The molecule has 0 heterocycles. The molecule has 0 saturated heterocycles. The van der Waals surface area contributed by atoms with Crippen LogP contribution in [0.15, 0.2) is 0 Å². The fraction of sp³-hybridized carbons (Fsp3) is 1.00. The molecule has 18 heavy (non-hydrogen) atoms. The molecule has 0 aromatic heterocycles. The first-order valence-electron chi connectivity index (χ1n) is 8.44. The first-order chi connectivity index (χ1) is 8.76. The second-order valence-electron chi connectivity index (χ2n) is 5.81. The Kier molecular flexibility index (Phi) is 13.4. The van der Waals surface area contributed by atoms with E-state index < -0.39 is 0 Å². The van der Waals surface area contributed by atoms with Gasteiger partial charge in [-0.05, 0) is 25.2 Å². The summed E-state index contributed by atoms with van der Waals surface area (Å²) in [4.78, 5) is 0. The first kappa shape index (κ1) is 18.0. The van der Waals surface area contributed by atoms with Gasteiger partial charge in [0.05, 0.1) is 6.10 Å². The number of hydrogen-bond donors (Lipinski definition) is 1. The Morgan fingerprint density at radius 1 is 0.611 bits per heavy atom. The summed E-state index contributed by atoms with van der Waals surface area (Å²) in [6.07, 6.45) is 15.2. The van der Waals surface area contributed by atoms with E-state index in [9.17, 15) is 5.11 Å². The van der Waals surface area contributed by atoms with Gasteiger partial charge in [0.2, 0.25) is 0 Å². The standard InChI is InChI=1S/C17H36O/c1-4-7-9-11-14-16(17(18)13-6-3)15-12-10-8-5-2/h16-18H,4-15H2,1-3H3. The van der Waals surface area contributed by atoms with Crippen LogP contribution >= 0.6 is 0 Å². The molecule has 1 atom stereocenters. The molecule has 0 aromatic rings. The van der Waals surface area contributed by atoms with Crippen LogP contribution in [0.5, 0.6) is 0 Å². The molecule has 1 nitrogen and oxygen atoms in total. The molecule has 0 rings (SSSR count). The lowest BCUT2D eigenvalue weighted by atomic mass is 9.88. The second kappa shape index (κ2) is 13.4. The highest BCUT2D eigenvalue weighted by Gasteiger charge is 2.17. The lowest BCUT2D eigenvalue weighted by molar-refractivity contribution is 0.0850. The molecule has 0 aliphatic rings. The van der Waals surface area contributed by atoms with E-state index in [0.717, 1.165) is 12.8 Å². The number of rotatable bonds is 13. The van der Waals surface area contributed by atoms with Gasteiger partial charge in [-0.2, -0.15) is 0 Å². The van der Waals surface area contributed by atoms with Gasteiger partial charge < -0.3 is 5.11 Å². The third kappa shape index (κ3) is 9.94. The van der Waals surface area contributed by atoms with Crippen LogP contribution in [0, 0.1) is 5.92 Å². The number of aliphatic hydroxyl groups is 1. The molecule has 1 unspecified atom stereocenters. The van der Waals surface area contributed by atoms with E-state index in [4.69, 9.17) is 0 Å². The van der Waals surface area contributed by atoms with Gasteiger partial charge in [0.25, 0.3) is 0 Å². The molecule has 0 saturated carbocycles. The van der Waals surface area contributed by atoms with Crippen molar-refractivity contribution in [3.8, 4) is 0 Å². The van der Waals surface area contributed by atoms with Crippen LogP contribution in [0.2, 0.25) is 0 Å². The van der Waals surface area contributed by atoms with Gasteiger partial charge in [-0.15, -0.1) is 0 Å². The Hall–Kier alpha value is -0.0400. The second-order valence-corrected chi connectivity index (χ2v) is 5.81. The summed E-state index contributed by atoms with van der Waals surface area (Å²) in [7, 11) is 0. The summed E-state index contributed by atoms with van der Waals surface area (Å²) in [5, 5.41) is 10.2. The number of aliphatic hydroxyl groups excluding tert-OH is 1. The SMILES string of the molecule is CCCCCCC(CCCCCC)C(O)CCC. The molecule has 110 valence electrons. The van der Waals surface area contributed by atoms with Crippen LogP contribution in [-0.2, 0) is 0 Å². The van der Waals surface area contributed by atoms with E-state index in [1.54, 1.807) is 0 Å². The molecule has 0 bridgehead atoms. The third-order valence-corrected chi connectivity index (χ3v) is 3.99. The number of hydrogen-bond acceptors (Lipinski definition) is 1. The molecule has 1 heteroatoms. The van der Waals surface area contributed by atoms with E-state index in [-0.39, 0.29) is 6.10 Å². The van der Waals surface area contributed by atoms with Crippen LogP contribution in [0.4, 0.5) is 0 Å². The van der Waals surface area contributed by atoms with Crippen molar-refractivity contribution in [3.05, 3.63) is 0 Å². The first-order valence-corrected chi connectivity index (χ1v) is 8.44. The predicted molar refractivity (Wildman–Crippen MR) is 81.9 cm³/mol. The van der Waals surface area contributed by atoms with E-state index >= 15 is 0 Å². The Bertz CT molecular complexity index is 144. The van der Waals surface area contributed by atoms with Gasteiger partial charge in [-0.25, -0.2) is 0 Å². The maximum absolute atomic E-state index is 10.2. The molecular weight excluding hydrogens is 220 g/mol. The van der Waals surface area contributed by atoms with E-state index in [2.05, 4.69) is 20.8 Å². The zero-order valence-corrected chi connectivity index (χ0v) is 13.1. The number of unbranched alkanes of at least 4 members (excludes halogenated alkanes) is 6. The summed E-state index contributed by atoms with van der Waals surface area (Å²) in [6, 6.07) is 0. The quantitative estimate of drug-likeness (QED) is 0.419. The van der Waals surface area contributed by atoms with Crippen molar-refractivity contribution in [2.75, 3.05) is 0 Å². The van der Waals surface area contributed by atoms with Gasteiger partial charge >= 0.3 is 0 Å². The van der Waals surface area contributed by atoms with Crippen molar-refractivity contribution in [2.24, 2.45) is 5.92 Å².